The Balaban J connectivity index is 2.42. The number of halogens is 1. The third-order valence-electron chi connectivity index (χ3n) is 1.20. The largest absolute Gasteiger partial charge is 0.468 e. The molecule has 0 aliphatic heterocycles. The summed E-state index contributed by atoms with van der Waals surface area (Å²) >= 11 is 3.27. The maximum Gasteiger partial charge on any atom is 0.105 e. The maximum atomic E-state index is 8.48. The quantitative estimate of drug-likeness (QED) is 0.818. The Labute approximate surface area is 68.0 Å². The average Bonchev–Trinajstić information content (AvgIpc) is 2.31. The predicted molar refractivity (Wildman–Crippen MR) is 41.8 cm³/mol. The minimum absolute atomic E-state index is 0.221. The van der Waals surface area contributed by atoms with Gasteiger partial charge in [-0.25, -0.2) is 0 Å². The van der Waals surface area contributed by atoms with E-state index < -0.39 is 0 Å². The standard InChI is InChI=1S/C7H9BrO2/c8-6-4-7(10-5-6)2-1-3-9/h4-5,9H,1-3H2. The normalized spacial score (nSPS) is 10.2. The van der Waals surface area contributed by atoms with Gasteiger partial charge in [-0.15, -0.1) is 0 Å². The van der Waals surface area contributed by atoms with Crippen molar-refractivity contribution in [1.29, 1.82) is 0 Å². The maximum absolute atomic E-state index is 8.48. The lowest BCUT2D eigenvalue weighted by atomic mass is 10.3. The lowest BCUT2D eigenvalue weighted by molar-refractivity contribution is 0.284. The van der Waals surface area contributed by atoms with Gasteiger partial charge in [0.25, 0.3) is 0 Å². The van der Waals surface area contributed by atoms with Crippen molar-refractivity contribution in [2.75, 3.05) is 6.61 Å². The Kier molecular flexibility index (Phi) is 2.96. The molecule has 1 aromatic rings. The summed E-state index contributed by atoms with van der Waals surface area (Å²) in [6.07, 6.45) is 3.22. The fourth-order valence-corrected chi connectivity index (χ4v) is 1.09. The fourth-order valence-electron chi connectivity index (χ4n) is 0.738. The van der Waals surface area contributed by atoms with E-state index in [1.165, 1.54) is 0 Å². The minimum Gasteiger partial charge on any atom is -0.468 e. The number of hydrogen-bond acceptors (Lipinski definition) is 2. The van der Waals surface area contributed by atoms with Gasteiger partial charge in [-0.2, -0.15) is 0 Å². The molecule has 0 aromatic carbocycles. The summed E-state index contributed by atoms with van der Waals surface area (Å²) in [6.45, 7) is 0.221. The van der Waals surface area contributed by atoms with Crippen LogP contribution in [0.25, 0.3) is 0 Å². The van der Waals surface area contributed by atoms with E-state index >= 15 is 0 Å². The Morgan fingerprint density at radius 2 is 2.40 bits per heavy atom. The van der Waals surface area contributed by atoms with Crippen molar-refractivity contribution in [2.45, 2.75) is 12.8 Å². The van der Waals surface area contributed by atoms with Gasteiger partial charge in [0.15, 0.2) is 0 Å². The van der Waals surface area contributed by atoms with Crippen molar-refractivity contribution < 1.29 is 9.52 Å². The second kappa shape index (κ2) is 3.78. The van der Waals surface area contributed by atoms with Crippen LogP contribution in [0.1, 0.15) is 12.2 Å². The van der Waals surface area contributed by atoms with E-state index in [0.29, 0.717) is 0 Å². The van der Waals surface area contributed by atoms with Crippen molar-refractivity contribution in [2.24, 2.45) is 0 Å². The Morgan fingerprint density at radius 3 is 2.90 bits per heavy atom. The summed E-state index contributed by atoms with van der Waals surface area (Å²) in [5.41, 5.74) is 0. The molecule has 0 unspecified atom stereocenters. The molecule has 0 aliphatic carbocycles. The lowest BCUT2D eigenvalue weighted by Gasteiger charge is -1.89. The molecule has 0 atom stereocenters. The van der Waals surface area contributed by atoms with Gasteiger partial charge in [0, 0.05) is 13.0 Å². The Bertz CT molecular complexity index is 195. The van der Waals surface area contributed by atoms with Gasteiger partial charge in [0.2, 0.25) is 0 Å². The molecular formula is C7H9BrO2. The summed E-state index contributed by atoms with van der Waals surface area (Å²) in [7, 11) is 0. The van der Waals surface area contributed by atoms with Crippen LogP contribution in [0.3, 0.4) is 0 Å². The first kappa shape index (κ1) is 7.82. The van der Waals surface area contributed by atoms with Crippen molar-refractivity contribution >= 4 is 15.9 Å². The van der Waals surface area contributed by atoms with E-state index in [1.54, 1.807) is 6.26 Å². The Morgan fingerprint density at radius 1 is 1.60 bits per heavy atom. The third-order valence-corrected chi connectivity index (χ3v) is 1.62. The number of aliphatic hydroxyl groups is 1. The molecule has 0 bridgehead atoms. The molecule has 1 rings (SSSR count). The van der Waals surface area contributed by atoms with Crippen molar-refractivity contribution in [1.82, 2.24) is 0 Å². The molecule has 1 aromatic heterocycles. The first-order valence-electron chi connectivity index (χ1n) is 3.16. The van der Waals surface area contributed by atoms with Crippen LogP contribution in [-0.4, -0.2) is 11.7 Å². The molecule has 1 N–H and O–H groups in total. The molecule has 56 valence electrons. The van der Waals surface area contributed by atoms with Crippen LogP contribution in [0.15, 0.2) is 21.2 Å². The summed E-state index contributed by atoms with van der Waals surface area (Å²) in [5, 5.41) is 8.48. The summed E-state index contributed by atoms with van der Waals surface area (Å²) in [5.74, 6) is 0.918. The minimum atomic E-state index is 0.221. The molecule has 0 spiro atoms. The molecule has 3 heteroatoms. The van der Waals surface area contributed by atoms with Crippen LogP contribution in [0.5, 0.6) is 0 Å². The van der Waals surface area contributed by atoms with Gasteiger partial charge in [-0.05, 0) is 28.4 Å². The van der Waals surface area contributed by atoms with Crippen LogP contribution in [0.4, 0.5) is 0 Å². The monoisotopic (exact) mass is 204 g/mol. The van der Waals surface area contributed by atoms with Crippen molar-refractivity contribution in [3.05, 3.63) is 22.6 Å². The number of aryl methyl sites for hydroxylation is 1. The van der Waals surface area contributed by atoms with Gasteiger partial charge in [-0.1, -0.05) is 0 Å². The molecule has 1 heterocycles. The SMILES string of the molecule is OCCCc1cc(Br)co1. The summed E-state index contributed by atoms with van der Waals surface area (Å²) in [6, 6.07) is 1.91. The van der Waals surface area contributed by atoms with Gasteiger partial charge in [0.05, 0.1) is 4.47 Å². The second-order valence-corrected chi connectivity index (χ2v) is 2.97. The summed E-state index contributed by atoms with van der Waals surface area (Å²) < 4.78 is 6.07. The van der Waals surface area contributed by atoms with Crippen molar-refractivity contribution in [3.63, 3.8) is 0 Å². The smallest absolute Gasteiger partial charge is 0.105 e. The van der Waals surface area contributed by atoms with E-state index in [-0.39, 0.29) is 6.61 Å². The first-order chi connectivity index (χ1) is 4.83. The van der Waals surface area contributed by atoms with E-state index in [1.807, 2.05) is 6.07 Å². The zero-order chi connectivity index (χ0) is 7.40. The van der Waals surface area contributed by atoms with Gasteiger partial charge < -0.3 is 9.52 Å². The molecule has 0 radical (unpaired) electrons. The van der Waals surface area contributed by atoms with Crippen LogP contribution >= 0.6 is 15.9 Å². The van der Waals surface area contributed by atoms with Crippen LogP contribution in [-0.2, 0) is 6.42 Å². The first-order valence-corrected chi connectivity index (χ1v) is 3.96. The summed E-state index contributed by atoms with van der Waals surface area (Å²) in [4.78, 5) is 0. The Hall–Kier alpha value is -0.280. The van der Waals surface area contributed by atoms with Gasteiger partial charge in [0.1, 0.15) is 12.0 Å². The highest BCUT2D eigenvalue weighted by atomic mass is 79.9. The van der Waals surface area contributed by atoms with E-state index in [9.17, 15) is 0 Å². The number of furan rings is 1. The molecule has 0 fully saturated rings. The molecule has 0 amide bonds. The number of aliphatic hydroxyl groups excluding tert-OH is 1. The van der Waals surface area contributed by atoms with Crippen LogP contribution < -0.4 is 0 Å². The van der Waals surface area contributed by atoms with Crippen LogP contribution in [0.2, 0.25) is 0 Å². The van der Waals surface area contributed by atoms with E-state index in [2.05, 4.69) is 15.9 Å². The van der Waals surface area contributed by atoms with E-state index in [0.717, 1.165) is 23.1 Å². The predicted octanol–water partition coefficient (Wildman–Crippen LogP) is 1.97. The van der Waals surface area contributed by atoms with Gasteiger partial charge >= 0.3 is 0 Å². The number of rotatable bonds is 3. The topological polar surface area (TPSA) is 33.4 Å². The lowest BCUT2D eigenvalue weighted by Crippen LogP contribution is -1.85. The molecular weight excluding hydrogens is 196 g/mol. The van der Waals surface area contributed by atoms with Crippen LogP contribution in [0, 0.1) is 0 Å². The average molecular weight is 205 g/mol. The fraction of sp³-hybridized carbons (Fsp3) is 0.429. The molecule has 10 heavy (non-hydrogen) atoms. The van der Waals surface area contributed by atoms with Crippen molar-refractivity contribution in [3.8, 4) is 0 Å². The highest BCUT2D eigenvalue weighted by Gasteiger charge is 1.97. The highest BCUT2D eigenvalue weighted by molar-refractivity contribution is 9.10. The number of hydrogen-bond donors (Lipinski definition) is 1. The zero-order valence-corrected chi connectivity index (χ0v) is 7.10. The molecule has 0 saturated heterocycles. The highest BCUT2D eigenvalue weighted by Crippen LogP contribution is 2.14. The zero-order valence-electron chi connectivity index (χ0n) is 5.51. The van der Waals surface area contributed by atoms with Gasteiger partial charge in [-0.3, -0.25) is 0 Å². The molecule has 2 nitrogen and oxygen atoms in total. The third kappa shape index (κ3) is 2.15. The molecule has 0 aliphatic rings. The second-order valence-electron chi connectivity index (χ2n) is 2.06. The van der Waals surface area contributed by atoms with E-state index in [4.69, 9.17) is 9.52 Å². The molecule has 0 saturated carbocycles.